The van der Waals surface area contributed by atoms with Crippen molar-refractivity contribution in [3.05, 3.63) is 16.1 Å². The fraction of sp³-hybridized carbons (Fsp3) is 0.556. The molecule has 0 saturated carbocycles. The zero-order chi connectivity index (χ0) is 10.6. The Kier molecular flexibility index (Phi) is 4.03. The Balaban J connectivity index is 2.62. The monoisotopic (exact) mass is 214 g/mol. The molecule has 0 aromatic carbocycles. The standard InChI is InChI=1S/C9H14N2O2S/c1-3-4-13-9(12)7-5-14-8(11-7)6(2)10/h5-6H,3-4,10H2,1-2H3. The molecule has 0 aliphatic rings. The third-order valence-electron chi connectivity index (χ3n) is 1.56. The van der Waals surface area contributed by atoms with Gasteiger partial charge in [-0.05, 0) is 13.3 Å². The number of aromatic nitrogens is 1. The number of rotatable bonds is 4. The van der Waals surface area contributed by atoms with E-state index in [4.69, 9.17) is 10.5 Å². The summed E-state index contributed by atoms with van der Waals surface area (Å²) in [6, 6.07) is -0.132. The highest BCUT2D eigenvalue weighted by molar-refractivity contribution is 7.09. The van der Waals surface area contributed by atoms with Crippen molar-refractivity contribution in [3.8, 4) is 0 Å². The Morgan fingerprint density at radius 1 is 1.79 bits per heavy atom. The van der Waals surface area contributed by atoms with Gasteiger partial charge in [0.05, 0.1) is 12.6 Å². The van der Waals surface area contributed by atoms with E-state index in [1.54, 1.807) is 5.38 Å². The first kappa shape index (κ1) is 11.1. The van der Waals surface area contributed by atoms with Gasteiger partial charge in [0.25, 0.3) is 0 Å². The largest absolute Gasteiger partial charge is 0.461 e. The molecule has 1 heterocycles. The van der Waals surface area contributed by atoms with E-state index in [1.807, 2.05) is 13.8 Å². The predicted octanol–water partition coefficient (Wildman–Crippen LogP) is 1.73. The molecule has 1 aromatic rings. The molecule has 1 unspecified atom stereocenters. The van der Waals surface area contributed by atoms with Crippen LogP contribution in [0.25, 0.3) is 0 Å². The number of nitrogens with zero attached hydrogens (tertiary/aromatic N) is 1. The van der Waals surface area contributed by atoms with Crippen molar-refractivity contribution in [2.24, 2.45) is 5.73 Å². The zero-order valence-electron chi connectivity index (χ0n) is 8.32. The van der Waals surface area contributed by atoms with Crippen molar-refractivity contribution in [1.82, 2.24) is 4.98 Å². The van der Waals surface area contributed by atoms with Gasteiger partial charge in [0.2, 0.25) is 0 Å². The summed E-state index contributed by atoms with van der Waals surface area (Å²) in [5.74, 6) is -0.366. The Morgan fingerprint density at radius 3 is 3.00 bits per heavy atom. The van der Waals surface area contributed by atoms with E-state index in [1.165, 1.54) is 11.3 Å². The Labute approximate surface area is 87.1 Å². The summed E-state index contributed by atoms with van der Waals surface area (Å²) in [4.78, 5) is 15.4. The molecule has 0 spiro atoms. The highest BCUT2D eigenvalue weighted by Crippen LogP contribution is 2.16. The number of thiazole rings is 1. The highest BCUT2D eigenvalue weighted by atomic mass is 32.1. The van der Waals surface area contributed by atoms with E-state index in [0.717, 1.165) is 11.4 Å². The third-order valence-corrected chi connectivity index (χ3v) is 2.60. The van der Waals surface area contributed by atoms with Crippen molar-refractivity contribution in [2.45, 2.75) is 26.3 Å². The van der Waals surface area contributed by atoms with Crippen LogP contribution >= 0.6 is 11.3 Å². The summed E-state index contributed by atoms with van der Waals surface area (Å²) in [5.41, 5.74) is 5.98. The number of carbonyl (C=O) groups is 1. The van der Waals surface area contributed by atoms with Gasteiger partial charge in [-0.15, -0.1) is 11.3 Å². The third kappa shape index (κ3) is 2.78. The number of nitrogens with two attached hydrogens (primary N) is 1. The zero-order valence-corrected chi connectivity index (χ0v) is 9.13. The minimum absolute atomic E-state index is 0.132. The molecule has 0 radical (unpaired) electrons. The molecule has 1 atom stereocenters. The van der Waals surface area contributed by atoms with Crippen molar-refractivity contribution in [2.75, 3.05) is 6.61 Å². The van der Waals surface area contributed by atoms with Gasteiger partial charge in [0, 0.05) is 5.38 Å². The molecule has 78 valence electrons. The first-order chi connectivity index (χ1) is 6.65. The minimum Gasteiger partial charge on any atom is -0.461 e. The molecule has 0 aliphatic carbocycles. The number of esters is 1. The van der Waals surface area contributed by atoms with E-state index in [9.17, 15) is 4.79 Å². The van der Waals surface area contributed by atoms with E-state index >= 15 is 0 Å². The number of hydrogen-bond acceptors (Lipinski definition) is 5. The molecule has 1 rings (SSSR count). The van der Waals surface area contributed by atoms with Crippen LogP contribution < -0.4 is 5.73 Å². The van der Waals surface area contributed by atoms with Crippen molar-refractivity contribution in [3.63, 3.8) is 0 Å². The average Bonchev–Trinajstić information content (AvgIpc) is 2.62. The molecule has 0 bridgehead atoms. The molecule has 0 amide bonds. The van der Waals surface area contributed by atoms with E-state index in [2.05, 4.69) is 4.98 Å². The first-order valence-corrected chi connectivity index (χ1v) is 5.41. The fourth-order valence-electron chi connectivity index (χ4n) is 0.859. The van der Waals surface area contributed by atoms with Crippen LogP contribution in [-0.2, 0) is 4.74 Å². The van der Waals surface area contributed by atoms with Crippen molar-refractivity contribution < 1.29 is 9.53 Å². The van der Waals surface area contributed by atoms with Crippen LogP contribution in [0.2, 0.25) is 0 Å². The second-order valence-corrected chi connectivity index (χ2v) is 3.89. The van der Waals surface area contributed by atoms with Crippen LogP contribution in [-0.4, -0.2) is 17.6 Å². The van der Waals surface area contributed by atoms with Crippen LogP contribution in [0.3, 0.4) is 0 Å². The van der Waals surface area contributed by atoms with Gasteiger partial charge < -0.3 is 10.5 Å². The van der Waals surface area contributed by atoms with Crippen LogP contribution in [0.15, 0.2) is 5.38 Å². The summed E-state index contributed by atoms with van der Waals surface area (Å²) in [6.45, 7) is 4.21. The lowest BCUT2D eigenvalue weighted by Crippen LogP contribution is -2.08. The Morgan fingerprint density at radius 2 is 2.50 bits per heavy atom. The van der Waals surface area contributed by atoms with Crippen molar-refractivity contribution >= 4 is 17.3 Å². The molecule has 0 saturated heterocycles. The lowest BCUT2D eigenvalue weighted by molar-refractivity contribution is 0.0499. The molecule has 1 aromatic heterocycles. The van der Waals surface area contributed by atoms with Crippen LogP contribution in [0.4, 0.5) is 0 Å². The van der Waals surface area contributed by atoms with Gasteiger partial charge in [-0.2, -0.15) is 0 Å². The SMILES string of the molecule is CCCOC(=O)c1csc(C(C)N)n1. The fourth-order valence-corrected chi connectivity index (χ4v) is 1.61. The number of ether oxygens (including phenoxy) is 1. The summed E-state index contributed by atoms with van der Waals surface area (Å²) in [5, 5.41) is 2.44. The smallest absolute Gasteiger partial charge is 0.357 e. The average molecular weight is 214 g/mol. The van der Waals surface area contributed by atoms with Crippen LogP contribution in [0.5, 0.6) is 0 Å². The van der Waals surface area contributed by atoms with Gasteiger partial charge in [0.1, 0.15) is 5.01 Å². The van der Waals surface area contributed by atoms with Crippen molar-refractivity contribution in [1.29, 1.82) is 0 Å². The summed E-state index contributed by atoms with van der Waals surface area (Å²) < 4.78 is 4.93. The van der Waals surface area contributed by atoms with E-state index in [0.29, 0.717) is 12.3 Å². The maximum atomic E-state index is 11.3. The Bertz CT molecular complexity index is 310. The van der Waals surface area contributed by atoms with Crippen LogP contribution in [0.1, 0.15) is 41.8 Å². The number of carbonyl (C=O) groups excluding carboxylic acids is 1. The normalized spacial score (nSPS) is 12.5. The molecule has 0 aliphatic heterocycles. The maximum absolute atomic E-state index is 11.3. The quantitative estimate of drug-likeness (QED) is 0.775. The van der Waals surface area contributed by atoms with Gasteiger partial charge in [-0.25, -0.2) is 9.78 Å². The topological polar surface area (TPSA) is 65.2 Å². The second kappa shape index (κ2) is 5.07. The predicted molar refractivity (Wildman–Crippen MR) is 55.3 cm³/mol. The first-order valence-electron chi connectivity index (χ1n) is 4.53. The van der Waals surface area contributed by atoms with E-state index in [-0.39, 0.29) is 12.0 Å². The molecule has 0 fully saturated rings. The Hall–Kier alpha value is -0.940. The maximum Gasteiger partial charge on any atom is 0.357 e. The molecule has 5 heteroatoms. The lowest BCUT2D eigenvalue weighted by atomic mass is 10.4. The summed E-state index contributed by atoms with van der Waals surface area (Å²) in [7, 11) is 0. The lowest BCUT2D eigenvalue weighted by Gasteiger charge is -1.99. The summed E-state index contributed by atoms with van der Waals surface area (Å²) >= 11 is 1.38. The van der Waals surface area contributed by atoms with Gasteiger partial charge in [0.15, 0.2) is 5.69 Å². The molecular weight excluding hydrogens is 200 g/mol. The summed E-state index contributed by atoms with van der Waals surface area (Å²) in [6.07, 6.45) is 0.816. The molecular formula is C9H14N2O2S. The van der Waals surface area contributed by atoms with Gasteiger partial charge >= 0.3 is 5.97 Å². The highest BCUT2D eigenvalue weighted by Gasteiger charge is 2.13. The van der Waals surface area contributed by atoms with E-state index < -0.39 is 0 Å². The second-order valence-electron chi connectivity index (χ2n) is 3.00. The minimum atomic E-state index is -0.366. The van der Waals surface area contributed by atoms with Gasteiger partial charge in [-0.1, -0.05) is 6.92 Å². The van der Waals surface area contributed by atoms with Gasteiger partial charge in [-0.3, -0.25) is 0 Å². The molecule has 14 heavy (non-hydrogen) atoms. The number of hydrogen-bond donors (Lipinski definition) is 1. The van der Waals surface area contributed by atoms with Crippen LogP contribution in [0, 0.1) is 0 Å². The molecule has 2 N–H and O–H groups in total. The molecule has 4 nitrogen and oxygen atoms in total.